The topological polar surface area (TPSA) is 30.4 Å². The van der Waals surface area contributed by atoms with Gasteiger partial charge in [-0.15, -0.1) is 0 Å². The van der Waals surface area contributed by atoms with Gasteiger partial charge in [0.2, 0.25) is 0 Å². The lowest BCUT2D eigenvalue weighted by Crippen LogP contribution is -2.64. The third-order valence-electron chi connectivity index (χ3n) is 19.3. The van der Waals surface area contributed by atoms with Crippen LogP contribution in [0.1, 0.15) is 0 Å². The number of rotatable bonds is 10. The van der Waals surface area contributed by atoms with E-state index in [1.54, 1.807) is 0 Å². The van der Waals surface area contributed by atoms with E-state index in [9.17, 15) is 0 Å². The fourth-order valence-electron chi connectivity index (χ4n) is 15.5. The zero-order valence-corrected chi connectivity index (χ0v) is 50.6. The second-order valence-electron chi connectivity index (χ2n) is 24.4. The molecule has 5 heterocycles. The molecule has 434 valence electrons. The van der Waals surface area contributed by atoms with Crippen molar-refractivity contribution >= 4 is 153 Å². The molecule has 14 aromatic carbocycles. The van der Waals surface area contributed by atoms with Crippen LogP contribution in [0.5, 0.6) is 11.5 Å². The minimum Gasteiger partial charge on any atom is -0.458 e. The van der Waals surface area contributed by atoms with Crippen molar-refractivity contribution in [2.45, 2.75) is 0 Å². The van der Waals surface area contributed by atoms with Gasteiger partial charge in [-0.3, -0.25) is 0 Å². The van der Waals surface area contributed by atoms with Crippen molar-refractivity contribution in [3.05, 3.63) is 340 Å². The van der Waals surface area contributed by atoms with Crippen molar-refractivity contribution in [3.8, 4) is 17.2 Å². The third-order valence-corrected chi connectivity index (χ3v) is 19.3. The van der Waals surface area contributed by atoms with Crippen LogP contribution < -0.4 is 62.0 Å². The van der Waals surface area contributed by atoms with Gasteiger partial charge in [0.05, 0.1) is 22.4 Å². The van der Waals surface area contributed by atoms with Crippen LogP contribution in [0, 0.1) is 0 Å². The average Bonchev–Trinajstić information content (AvgIpc) is 0.799. The molecule has 4 aliphatic heterocycles. The summed E-state index contributed by atoms with van der Waals surface area (Å²) in [7, 11) is 0. The molecular formula is C84H56B2N6O. The van der Waals surface area contributed by atoms with Gasteiger partial charge in [0, 0.05) is 103 Å². The van der Waals surface area contributed by atoms with Crippen LogP contribution in [-0.4, -0.2) is 18.0 Å². The van der Waals surface area contributed by atoms with Gasteiger partial charge in [-0.1, -0.05) is 194 Å². The summed E-state index contributed by atoms with van der Waals surface area (Å²) in [6, 6.07) is 124. The first kappa shape index (κ1) is 52.7. The maximum Gasteiger partial charge on any atom is 0.256 e. The van der Waals surface area contributed by atoms with E-state index in [0.29, 0.717) is 0 Å². The molecule has 19 rings (SSSR count). The fraction of sp³-hybridized carbons (Fsp3) is 0. The number of ether oxygens (including phenoxy) is 1. The smallest absolute Gasteiger partial charge is 0.256 e. The van der Waals surface area contributed by atoms with E-state index in [0.717, 1.165) is 124 Å². The molecule has 9 heteroatoms. The summed E-state index contributed by atoms with van der Waals surface area (Å²) in [6.45, 7) is -0.456. The summed E-state index contributed by atoms with van der Waals surface area (Å²) in [5, 5.41) is 2.40. The van der Waals surface area contributed by atoms with Gasteiger partial charge in [-0.25, -0.2) is 0 Å². The fourth-order valence-corrected chi connectivity index (χ4v) is 15.5. The van der Waals surface area contributed by atoms with Crippen molar-refractivity contribution in [1.29, 1.82) is 0 Å². The van der Waals surface area contributed by atoms with E-state index < -0.39 is 0 Å². The van der Waals surface area contributed by atoms with E-state index in [1.165, 1.54) is 32.6 Å². The summed E-state index contributed by atoms with van der Waals surface area (Å²) in [5.41, 5.74) is 26.6. The Kier molecular flexibility index (Phi) is 12.0. The maximum absolute atomic E-state index is 7.87. The molecule has 0 unspecified atom stereocenters. The van der Waals surface area contributed by atoms with Crippen LogP contribution in [-0.2, 0) is 0 Å². The van der Waals surface area contributed by atoms with E-state index in [4.69, 9.17) is 4.74 Å². The Bertz CT molecular complexity index is 5310. The summed E-state index contributed by atoms with van der Waals surface area (Å²) in [6.07, 6.45) is 0. The Balaban J connectivity index is 0.924. The lowest BCUT2D eigenvalue weighted by atomic mass is 9.30. The van der Waals surface area contributed by atoms with Crippen molar-refractivity contribution in [2.75, 3.05) is 24.5 Å². The normalized spacial score (nSPS) is 12.9. The SMILES string of the molecule is c1ccc(N(c2ccccc2)c2cc3c4c(c2)N(c2ccccc2)c2cc5c(cc2B4c2cc4c(cc2O3)N(c2ccccc2)c2cc(N(c3ccccc3)c3ccccc3)cc3c2B4c2ccccc2N3c2ccccc2)c2ccccc2n5-c2ccccc2)cc1. The minimum atomic E-state index is -0.267. The van der Waals surface area contributed by atoms with Gasteiger partial charge in [0.15, 0.2) is 0 Å². The Hall–Kier alpha value is -12.2. The van der Waals surface area contributed by atoms with E-state index in [1.807, 2.05) is 0 Å². The molecule has 15 aromatic rings. The molecule has 0 saturated heterocycles. The monoisotopic (exact) mass is 1190 g/mol. The number of para-hydroxylation sites is 10. The summed E-state index contributed by atoms with van der Waals surface area (Å²) >= 11 is 0. The van der Waals surface area contributed by atoms with Gasteiger partial charge >= 0.3 is 0 Å². The molecule has 0 atom stereocenters. The molecular weight excluding hydrogens is 1130 g/mol. The van der Waals surface area contributed by atoms with Gasteiger partial charge < -0.3 is 33.8 Å². The summed E-state index contributed by atoms with van der Waals surface area (Å²) < 4.78 is 10.3. The molecule has 0 N–H and O–H groups in total. The van der Waals surface area contributed by atoms with Crippen LogP contribution in [0.2, 0.25) is 0 Å². The van der Waals surface area contributed by atoms with Gasteiger partial charge in [-0.2, -0.15) is 0 Å². The summed E-state index contributed by atoms with van der Waals surface area (Å²) in [4.78, 5) is 12.3. The standard InChI is InChI=1S/C84H56B2N6O/c1-9-29-57(30-10-1)87(58-31-11-2-12-32-58)65-49-78-83-79(50-65)92(64-43-23-8-24-44-64)77-56-81-72(54-71(77)85(83)69-46-26-28-48-74(69)90(78)62-39-19-6-20-40-62)86-70-53-68-67-45-25-27-47-73(67)89(61-37-17-5-18-38-61)75(68)55-76(70)91(63-41-21-7-22-42-63)80-51-66(52-82(93-81)84(80)86)88(59-33-13-3-14-34-59)60-35-15-4-16-36-60/h1-56H. The molecule has 0 radical (unpaired) electrons. The number of nitrogens with zero attached hydrogens (tertiary/aromatic N) is 6. The van der Waals surface area contributed by atoms with E-state index >= 15 is 0 Å². The van der Waals surface area contributed by atoms with Crippen molar-refractivity contribution in [3.63, 3.8) is 0 Å². The third kappa shape index (κ3) is 8.26. The van der Waals surface area contributed by atoms with Gasteiger partial charge in [0.25, 0.3) is 13.4 Å². The number of hydrogen-bond acceptors (Lipinski definition) is 6. The molecule has 7 nitrogen and oxygen atoms in total. The first-order chi connectivity index (χ1) is 46.2. The zero-order valence-electron chi connectivity index (χ0n) is 50.6. The second-order valence-corrected chi connectivity index (χ2v) is 24.4. The highest BCUT2D eigenvalue weighted by Crippen LogP contribution is 2.51. The molecule has 0 spiro atoms. The maximum atomic E-state index is 7.87. The van der Waals surface area contributed by atoms with E-state index in [-0.39, 0.29) is 13.4 Å². The number of hydrogen-bond donors (Lipinski definition) is 0. The predicted octanol–water partition coefficient (Wildman–Crippen LogP) is 18.2. The lowest BCUT2D eigenvalue weighted by molar-refractivity contribution is 0.488. The Morgan fingerprint density at radius 1 is 0.237 bits per heavy atom. The Morgan fingerprint density at radius 3 is 1.16 bits per heavy atom. The highest BCUT2D eigenvalue weighted by atomic mass is 16.5. The number of fused-ring (bicyclic) bond motifs is 11. The average molecular weight is 1190 g/mol. The molecule has 93 heavy (non-hydrogen) atoms. The number of aromatic nitrogens is 1. The first-order valence-corrected chi connectivity index (χ1v) is 32.0. The molecule has 0 amide bonds. The lowest BCUT2D eigenvalue weighted by Gasteiger charge is -2.46. The zero-order chi connectivity index (χ0) is 61.1. The highest BCUT2D eigenvalue weighted by Gasteiger charge is 2.48. The quantitative estimate of drug-likeness (QED) is 0.127. The molecule has 0 aliphatic carbocycles. The van der Waals surface area contributed by atoms with Crippen LogP contribution in [0.4, 0.5) is 85.3 Å². The Morgan fingerprint density at radius 2 is 0.634 bits per heavy atom. The number of benzene rings is 14. The number of anilines is 15. The molecule has 1 aromatic heterocycles. The largest absolute Gasteiger partial charge is 0.458 e. The first-order valence-electron chi connectivity index (χ1n) is 32.0. The van der Waals surface area contributed by atoms with Crippen LogP contribution >= 0.6 is 0 Å². The predicted molar refractivity (Wildman–Crippen MR) is 390 cm³/mol. The van der Waals surface area contributed by atoms with Crippen LogP contribution in [0.15, 0.2) is 340 Å². The van der Waals surface area contributed by atoms with Gasteiger partial charge in [-0.05, 0) is 166 Å². The Labute approximate surface area is 540 Å². The second kappa shape index (κ2) is 21.2. The summed E-state index contributed by atoms with van der Waals surface area (Å²) in [5.74, 6) is 1.63. The molecule has 0 saturated carbocycles. The van der Waals surface area contributed by atoms with Gasteiger partial charge in [0.1, 0.15) is 11.5 Å². The minimum absolute atomic E-state index is 0.189. The highest BCUT2D eigenvalue weighted by molar-refractivity contribution is 7.02. The van der Waals surface area contributed by atoms with Crippen molar-refractivity contribution < 1.29 is 4.74 Å². The van der Waals surface area contributed by atoms with Crippen LogP contribution in [0.25, 0.3) is 27.5 Å². The molecule has 4 aliphatic rings. The van der Waals surface area contributed by atoms with Crippen molar-refractivity contribution in [1.82, 2.24) is 4.57 Å². The van der Waals surface area contributed by atoms with Crippen LogP contribution in [0.3, 0.4) is 0 Å². The van der Waals surface area contributed by atoms with E-state index in [2.05, 4.69) is 369 Å². The van der Waals surface area contributed by atoms with Crippen molar-refractivity contribution in [2.24, 2.45) is 0 Å². The molecule has 0 bridgehead atoms. The molecule has 0 fully saturated rings.